The van der Waals surface area contributed by atoms with E-state index in [0.29, 0.717) is 22.0 Å². The molecule has 2 N–H and O–H groups in total. The molecule has 1 heterocycles. The first kappa shape index (κ1) is 22.4. The van der Waals surface area contributed by atoms with Crippen molar-refractivity contribution in [3.05, 3.63) is 39.6 Å². The first-order valence-corrected chi connectivity index (χ1v) is 10.2. The number of rotatable bonds is 9. The summed E-state index contributed by atoms with van der Waals surface area (Å²) in [5.41, 5.74) is 2.03. The van der Waals surface area contributed by atoms with Gasteiger partial charge in [0.1, 0.15) is 10.6 Å². The van der Waals surface area contributed by atoms with Gasteiger partial charge in [0, 0.05) is 17.5 Å². The minimum atomic E-state index is -0.513. The fourth-order valence-corrected chi connectivity index (χ4v) is 4.03. The largest absolute Gasteiger partial charge is 0.495 e. The molecule has 1 aromatic carbocycles. The second-order valence-electron chi connectivity index (χ2n) is 6.38. The van der Waals surface area contributed by atoms with Gasteiger partial charge < -0.3 is 20.1 Å². The Kier molecular flexibility index (Phi) is 8.21. The van der Waals surface area contributed by atoms with E-state index in [2.05, 4.69) is 17.6 Å². The number of benzene rings is 1. The van der Waals surface area contributed by atoms with Gasteiger partial charge >= 0.3 is 5.97 Å². The summed E-state index contributed by atoms with van der Waals surface area (Å²) in [6.07, 6.45) is 2.78. The maximum Gasteiger partial charge on any atom is 0.348 e. The molecule has 0 aliphatic rings. The van der Waals surface area contributed by atoms with Gasteiger partial charge in [0.15, 0.2) is 6.61 Å². The van der Waals surface area contributed by atoms with Crippen molar-refractivity contribution in [2.45, 2.75) is 40.0 Å². The van der Waals surface area contributed by atoms with Gasteiger partial charge in [0.05, 0.1) is 12.8 Å². The lowest BCUT2D eigenvalue weighted by Gasteiger charge is -2.12. The molecule has 0 spiro atoms. The Hall–Kier alpha value is -2.87. The molecular formula is C21H26N2O5S. The molecule has 0 saturated carbocycles. The molecule has 156 valence electrons. The van der Waals surface area contributed by atoms with Crippen molar-refractivity contribution >= 4 is 40.5 Å². The minimum Gasteiger partial charge on any atom is -0.495 e. The van der Waals surface area contributed by atoms with Crippen molar-refractivity contribution in [3.8, 4) is 5.75 Å². The molecule has 1 aromatic heterocycles. The van der Waals surface area contributed by atoms with Crippen LogP contribution >= 0.6 is 11.3 Å². The van der Waals surface area contributed by atoms with E-state index in [-0.39, 0.29) is 5.91 Å². The van der Waals surface area contributed by atoms with Crippen molar-refractivity contribution in [3.63, 3.8) is 0 Å². The average molecular weight is 419 g/mol. The molecule has 7 nitrogen and oxygen atoms in total. The normalized spacial score (nSPS) is 10.3. The smallest absolute Gasteiger partial charge is 0.348 e. The first-order chi connectivity index (χ1) is 13.9. The van der Waals surface area contributed by atoms with E-state index in [4.69, 9.17) is 9.47 Å². The molecule has 8 heteroatoms. The second kappa shape index (κ2) is 10.6. The van der Waals surface area contributed by atoms with E-state index in [9.17, 15) is 14.4 Å². The number of amides is 2. The summed E-state index contributed by atoms with van der Waals surface area (Å²) in [5, 5.41) is 5.28. The number of nitrogens with one attached hydrogen (secondary N) is 2. The van der Waals surface area contributed by atoms with Crippen LogP contribution in [0.4, 0.5) is 11.4 Å². The number of ether oxygens (including phenoxy) is 2. The van der Waals surface area contributed by atoms with E-state index in [1.807, 2.05) is 13.0 Å². The first-order valence-electron chi connectivity index (χ1n) is 9.42. The Morgan fingerprint density at radius 2 is 1.86 bits per heavy atom. The molecule has 0 aliphatic carbocycles. The van der Waals surface area contributed by atoms with Crippen LogP contribution in [0.1, 0.15) is 47.3 Å². The van der Waals surface area contributed by atoms with Crippen molar-refractivity contribution in [2.24, 2.45) is 0 Å². The number of carbonyl (C=O) groups is 3. The van der Waals surface area contributed by atoms with Crippen molar-refractivity contribution < 1.29 is 23.9 Å². The van der Waals surface area contributed by atoms with Gasteiger partial charge in [0.2, 0.25) is 5.91 Å². The van der Waals surface area contributed by atoms with Crippen LogP contribution in [0.25, 0.3) is 0 Å². The highest BCUT2D eigenvalue weighted by atomic mass is 32.1. The fraction of sp³-hybridized carbons (Fsp3) is 0.381. The highest BCUT2D eigenvalue weighted by Crippen LogP contribution is 2.28. The van der Waals surface area contributed by atoms with Gasteiger partial charge in [-0.1, -0.05) is 20.3 Å². The molecule has 0 atom stereocenters. The van der Waals surface area contributed by atoms with Gasteiger partial charge in [-0.2, -0.15) is 0 Å². The summed E-state index contributed by atoms with van der Waals surface area (Å²) < 4.78 is 10.4. The van der Waals surface area contributed by atoms with Gasteiger partial charge in [-0.25, -0.2) is 4.79 Å². The average Bonchev–Trinajstić information content (AvgIpc) is 3.09. The zero-order chi connectivity index (χ0) is 21.4. The quantitative estimate of drug-likeness (QED) is 0.600. The second-order valence-corrected chi connectivity index (χ2v) is 7.52. The number of thiophene rings is 1. The Labute approximate surface area is 174 Å². The van der Waals surface area contributed by atoms with Crippen LogP contribution in [0, 0.1) is 0 Å². The summed E-state index contributed by atoms with van der Waals surface area (Å²) in [5.74, 6) is -0.820. The highest BCUT2D eigenvalue weighted by molar-refractivity contribution is 7.14. The molecule has 29 heavy (non-hydrogen) atoms. The molecule has 0 aliphatic heterocycles. The Balaban J connectivity index is 2.01. The molecule has 0 unspecified atom stereocenters. The van der Waals surface area contributed by atoms with Gasteiger partial charge in [0.25, 0.3) is 5.91 Å². The fourth-order valence-electron chi connectivity index (χ4n) is 2.78. The number of hydrogen-bond donors (Lipinski definition) is 2. The van der Waals surface area contributed by atoms with Gasteiger partial charge in [-0.3, -0.25) is 9.59 Å². The standard InChI is InChI=1S/C21H26N2O5S/c1-5-7-18-14(6-2)10-19(29-18)21(26)28-12-20(25)23-16-11-15(22-13(3)24)8-9-17(16)27-4/h8-11H,5-7,12H2,1-4H3,(H,22,24)(H,23,25). The van der Waals surface area contributed by atoms with Crippen LogP contribution in [0.2, 0.25) is 0 Å². The van der Waals surface area contributed by atoms with E-state index in [1.54, 1.807) is 18.2 Å². The van der Waals surface area contributed by atoms with Crippen LogP contribution in [-0.2, 0) is 27.2 Å². The minimum absolute atomic E-state index is 0.230. The van der Waals surface area contributed by atoms with E-state index >= 15 is 0 Å². The van der Waals surface area contributed by atoms with E-state index in [1.165, 1.54) is 30.2 Å². The number of methoxy groups -OCH3 is 1. The number of aryl methyl sites for hydroxylation is 2. The molecule has 0 fully saturated rings. The lowest BCUT2D eigenvalue weighted by molar-refractivity contribution is -0.119. The third-order valence-electron chi connectivity index (χ3n) is 4.08. The molecular weight excluding hydrogens is 392 g/mol. The zero-order valence-electron chi connectivity index (χ0n) is 17.1. The van der Waals surface area contributed by atoms with Gasteiger partial charge in [-0.15, -0.1) is 11.3 Å². The molecule has 2 aromatic rings. The molecule has 0 radical (unpaired) electrons. The summed E-state index contributed by atoms with van der Waals surface area (Å²) >= 11 is 1.42. The topological polar surface area (TPSA) is 93.7 Å². The summed E-state index contributed by atoms with van der Waals surface area (Å²) in [6, 6.07) is 6.70. The third kappa shape index (κ3) is 6.32. The summed E-state index contributed by atoms with van der Waals surface area (Å²) in [4.78, 5) is 37.5. The predicted molar refractivity (Wildman–Crippen MR) is 114 cm³/mol. The monoisotopic (exact) mass is 418 g/mol. The van der Waals surface area contributed by atoms with Crippen molar-refractivity contribution in [1.82, 2.24) is 0 Å². The van der Waals surface area contributed by atoms with Gasteiger partial charge in [-0.05, 0) is 42.7 Å². The van der Waals surface area contributed by atoms with E-state index in [0.717, 1.165) is 24.8 Å². The number of hydrogen-bond acceptors (Lipinski definition) is 6. The molecule has 0 bridgehead atoms. The Bertz CT molecular complexity index is 891. The Morgan fingerprint density at radius 1 is 1.10 bits per heavy atom. The SMILES string of the molecule is CCCc1sc(C(=O)OCC(=O)Nc2cc(NC(C)=O)ccc2OC)cc1CC. The maximum absolute atomic E-state index is 12.3. The predicted octanol–water partition coefficient (Wildman–Crippen LogP) is 4.03. The highest BCUT2D eigenvalue weighted by Gasteiger charge is 2.17. The van der Waals surface area contributed by atoms with Crippen LogP contribution in [0.5, 0.6) is 5.75 Å². The molecule has 2 rings (SSSR count). The summed E-state index contributed by atoms with van der Waals surface area (Å²) in [6.45, 7) is 5.11. The van der Waals surface area contributed by atoms with Crippen molar-refractivity contribution in [2.75, 3.05) is 24.4 Å². The number of esters is 1. The van der Waals surface area contributed by atoms with Crippen molar-refractivity contribution in [1.29, 1.82) is 0 Å². The van der Waals surface area contributed by atoms with Crippen LogP contribution < -0.4 is 15.4 Å². The number of carbonyl (C=O) groups excluding carboxylic acids is 3. The molecule has 2 amide bonds. The van der Waals surface area contributed by atoms with Crippen LogP contribution in [-0.4, -0.2) is 31.5 Å². The number of anilines is 2. The van der Waals surface area contributed by atoms with E-state index < -0.39 is 18.5 Å². The summed E-state index contributed by atoms with van der Waals surface area (Å²) in [7, 11) is 1.47. The zero-order valence-corrected chi connectivity index (χ0v) is 17.9. The maximum atomic E-state index is 12.3. The molecule has 0 saturated heterocycles. The third-order valence-corrected chi connectivity index (χ3v) is 5.30. The lowest BCUT2D eigenvalue weighted by atomic mass is 10.1. The Morgan fingerprint density at radius 3 is 2.48 bits per heavy atom. The van der Waals surface area contributed by atoms with Crippen LogP contribution in [0.3, 0.4) is 0 Å². The van der Waals surface area contributed by atoms with Crippen LogP contribution in [0.15, 0.2) is 24.3 Å². The lowest BCUT2D eigenvalue weighted by Crippen LogP contribution is -2.21.